The minimum atomic E-state index is -0.384. The van der Waals surface area contributed by atoms with E-state index < -0.39 is 0 Å². The molecule has 21 heavy (non-hydrogen) atoms. The number of nitriles is 1. The predicted octanol–water partition coefficient (Wildman–Crippen LogP) is 5.25. The minimum absolute atomic E-state index is 0.140. The van der Waals surface area contributed by atoms with Crippen LogP contribution in [0.3, 0.4) is 0 Å². The van der Waals surface area contributed by atoms with Gasteiger partial charge in [0, 0.05) is 0 Å². The molecule has 0 aromatic heterocycles. The Morgan fingerprint density at radius 1 is 1.19 bits per heavy atom. The van der Waals surface area contributed by atoms with Crippen LogP contribution in [-0.4, -0.2) is 0 Å². The Morgan fingerprint density at radius 3 is 2.67 bits per heavy atom. The first-order chi connectivity index (χ1) is 10.2. The van der Waals surface area contributed by atoms with Crippen molar-refractivity contribution in [2.24, 2.45) is 5.92 Å². The maximum atomic E-state index is 13.8. The lowest BCUT2D eigenvalue weighted by Gasteiger charge is -2.33. The van der Waals surface area contributed by atoms with Crippen molar-refractivity contribution < 1.29 is 4.39 Å². The summed E-state index contributed by atoms with van der Waals surface area (Å²) in [5, 5.41) is 8.82. The van der Waals surface area contributed by atoms with Crippen LogP contribution in [0.25, 0.3) is 0 Å². The Labute approximate surface area is 125 Å². The van der Waals surface area contributed by atoms with Crippen LogP contribution in [0.4, 0.5) is 4.39 Å². The molecule has 2 heteroatoms. The molecule has 0 aliphatic heterocycles. The standard InChI is InChI=1S/C19H20FN/c1-2-13-3-4-15-10-16(6-5-14(15)9-13)17-7-8-18(12-21)19(20)11-17/h2,7-8,11,13,16H,1,3-6,9-10H2. The first-order valence-corrected chi connectivity index (χ1v) is 7.73. The predicted molar refractivity (Wildman–Crippen MR) is 82.3 cm³/mol. The van der Waals surface area contributed by atoms with Gasteiger partial charge in [-0.2, -0.15) is 5.26 Å². The van der Waals surface area contributed by atoms with Crippen molar-refractivity contribution >= 4 is 0 Å². The molecule has 0 N–H and O–H groups in total. The van der Waals surface area contributed by atoms with Gasteiger partial charge in [0.25, 0.3) is 0 Å². The Balaban J connectivity index is 1.79. The van der Waals surface area contributed by atoms with Crippen LogP contribution in [-0.2, 0) is 0 Å². The maximum Gasteiger partial charge on any atom is 0.141 e. The summed E-state index contributed by atoms with van der Waals surface area (Å²) in [7, 11) is 0. The van der Waals surface area contributed by atoms with E-state index in [4.69, 9.17) is 5.26 Å². The zero-order valence-corrected chi connectivity index (χ0v) is 12.2. The van der Waals surface area contributed by atoms with E-state index in [2.05, 4.69) is 12.7 Å². The molecule has 0 saturated heterocycles. The van der Waals surface area contributed by atoms with E-state index in [0.29, 0.717) is 11.8 Å². The topological polar surface area (TPSA) is 23.8 Å². The van der Waals surface area contributed by atoms with Gasteiger partial charge in [-0.05, 0) is 68.1 Å². The van der Waals surface area contributed by atoms with Gasteiger partial charge in [0.2, 0.25) is 0 Å². The van der Waals surface area contributed by atoms with Crippen molar-refractivity contribution in [3.05, 3.63) is 58.9 Å². The second kappa shape index (κ2) is 5.85. The largest absolute Gasteiger partial charge is 0.206 e. The zero-order valence-electron chi connectivity index (χ0n) is 12.2. The lowest BCUT2D eigenvalue weighted by Crippen LogP contribution is -2.16. The van der Waals surface area contributed by atoms with Crippen molar-refractivity contribution in [2.45, 2.75) is 44.4 Å². The van der Waals surface area contributed by atoms with Gasteiger partial charge in [-0.3, -0.25) is 0 Å². The van der Waals surface area contributed by atoms with Crippen LogP contribution < -0.4 is 0 Å². The van der Waals surface area contributed by atoms with Gasteiger partial charge in [0.05, 0.1) is 5.56 Å². The molecule has 2 unspecified atom stereocenters. The van der Waals surface area contributed by atoms with E-state index in [1.165, 1.54) is 19.3 Å². The maximum absolute atomic E-state index is 13.8. The van der Waals surface area contributed by atoms with Crippen LogP contribution in [0, 0.1) is 23.1 Å². The molecule has 0 radical (unpaired) electrons. The fourth-order valence-electron chi connectivity index (χ4n) is 3.73. The highest BCUT2D eigenvalue weighted by Crippen LogP contribution is 2.44. The molecule has 0 spiro atoms. The third-order valence-corrected chi connectivity index (χ3v) is 5.03. The molecule has 2 aliphatic rings. The summed E-state index contributed by atoms with van der Waals surface area (Å²) < 4.78 is 13.8. The molecule has 0 bridgehead atoms. The first kappa shape index (κ1) is 14.1. The molecular formula is C19H20FN. The summed E-state index contributed by atoms with van der Waals surface area (Å²) in [5.74, 6) is 0.670. The Kier molecular flexibility index (Phi) is 3.92. The van der Waals surface area contributed by atoms with E-state index in [0.717, 1.165) is 24.8 Å². The molecular weight excluding hydrogens is 261 g/mol. The Hall–Kier alpha value is -1.88. The number of hydrogen-bond acceptors (Lipinski definition) is 1. The minimum Gasteiger partial charge on any atom is -0.206 e. The van der Waals surface area contributed by atoms with E-state index in [-0.39, 0.29) is 11.4 Å². The third kappa shape index (κ3) is 2.78. The SMILES string of the molecule is C=CC1CCC2=C(CCC(c3ccc(C#N)c(F)c3)C2)C1. The molecule has 1 nitrogen and oxygen atoms in total. The zero-order chi connectivity index (χ0) is 14.8. The molecule has 1 aromatic carbocycles. The lowest BCUT2D eigenvalue weighted by atomic mass is 9.72. The number of allylic oxidation sites excluding steroid dienone is 3. The van der Waals surface area contributed by atoms with E-state index in [1.54, 1.807) is 23.3 Å². The van der Waals surface area contributed by atoms with Gasteiger partial charge >= 0.3 is 0 Å². The highest BCUT2D eigenvalue weighted by atomic mass is 19.1. The van der Waals surface area contributed by atoms with Crippen LogP contribution >= 0.6 is 0 Å². The molecule has 0 amide bonds. The number of halogens is 1. The molecule has 2 atom stereocenters. The van der Waals surface area contributed by atoms with Gasteiger partial charge in [-0.1, -0.05) is 23.3 Å². The van der Waals surface area contributed by atoms with Crippen molar-refractivity contribution in [3.63, 3.8) is 0 Å². The molecule has 2 aliphatic carbocycles. The quantitative estimate of drug-likeness (QED) is 0.679. The molecule has 0 fully saturated rings. The van der Waals surface area contributed by atoms with Crippen molar-refractivity contribution in [1.82, 2.24) is 0 Å². The molecule has 1 aromatic rings. The summed E-state index contributed by atoms with van der Waals surface area (Å²) in [5.41, 5.74) is 4.40. The fraction of sp³-hybridized carbons (Fsp3) is 0.421. The molecule has 0 heterocycles. The first-order valence-electron chi connectivity index (χ1n) is 7.73. The smallest absolute Gasteiger partial charge is 0.141 e. The van der Waals surface area contributed by atoms with Crippen LogP contribution in [0.5, 0.6) is 0 Å². The molecule has 108 valence electrons. The second-order valence-electron chi connectivity index (χ2n) is 6.24. The van der Waals surface area contributed by atoms with E-state index in [1.807, 2.05) is 12.1 Å². The van der Waals surface area contributed by atoms with E-state index >= 15 is 0 Å². The summed E-state index contributed by atoms with van der Waals surface area (Å²) in [6, 6.07) is 6.99. The average molecular weight is 281 g/mol. The Bertz CT molecular complexity index is 635. The summed E-state index contributed by atoms with van der Waals surface area (Å²) in [6.45, 7) is 3.92. The van der Waals surface area contributed by atoms with E-state index in [9.17, 15) is 4.39 Å². The van der Waals surface area contributed by atoms with Gasteiger partial charge in [-0.25, -0.2) is 4.39 Å². The second-order valence-corrected chi connectivity index (χ2v) is 6.24. The van der Waals surface area contributed by atoms with Gasteiger partial charge in [0.1, 0.15) is 11.9 Å². The lowest BCUT2D eigenvalue weighted by molar-refractivity contribution is 0.462. The van der Waals surface area contributed by atoms with Crippen LogP contribution in [0.2, 0.25) is 0 Å². The average Bonchev–Trinajstić information content (AvgIpc) is 2.53. The summed E-state index contributed by atoms with van der Waals surface area (Å²) in [6.07, 6.45) is 8.92. The molecule has 3 rings (SSSR count). The van der Waals surface area contributed by atoms with Crippen molar-refractivity contribution in [3.8, 4) is 6.07 Å². The monoisotopic (exact) mass is 281 g/mol. The highest BCUT2D eigenvalue weighted by molar-refractivity contribution is 5.36. The van der Waals surface area contributed by atoms with Gasteiger partial charge < -0.3 is 0 Å². The van der Waals surface area contributed by atoms with Crippen molar-refractivity contribution in [2.75, 3.05) is 0 Å². The highest BCUT2D eigenvalue weighted by Gasteiger charge is 2.27. The van der Waals surface area contributed by atoms with Gasteiger partial charge in [0.15, 0.2) is 0 Å². The number of rotatable bonds is 2. The van der Waals surface area contributed by atoms with Crippen molar-refractivity contribution in [1.29, 1.82) is 5.26 Å². The normalized spacial score (nSPS) is 25.1. The summed E-state index contributed by atoms with van der Waals surface area (Å²) in [4.78, 5) is 0. The summed E-state index contributed by atoms with van der Waals surface area (Å²) >= 11 is 0. The third-order valence-electron chi connectivity index (χ3n) is 5.03. The van der Waals surface area contributed by atoms with Crippen LogP contribution in [0.15, 0.2) is 42.0 Å². The fourth-order valence-corrected chi connectivity index (χ4v) is 3.73. The number of nitrogens with zero attached hydrogens (tertiary/aromatic N) is 1. The number of benzene rings is 1. The molecule has 0 saturated carbocycles. The number of hydrogen-bond donors (Lipinski definition) is 0. The Morgan fingerprint density at radius 2 is 1.95 bits per heavy atom. The van der Waals surface area contributed by atoms with Gasteiger partial charge in [-0.15, -0.1) is 6.58 Å². The van der Waals surface area contributed by atoms with Crippen LogP contribution in [0.1, 0.15) is 55.6 Å².